The fraction of sp³-hybridized carbons (Fsp3) is 0.438. The topological polar surface area (TPSA) is 75.7 Å². The van der Waals surface area contributed by atoms with E-state index < -0.39 is 15.9 Å². The molecular weight excluding hydrogens is 316 g/mol. The second-order valence-electron chi connectivity index (χ2n) is 5.33. The molecule has 1 aromatic rings. The zero-order chi connectivity index (χ0) is 16.9. The molecule has 1 fully saturated rings. The molecule has 1 N–H and O–H groups in total. The van der Waals surface area contributed by atoms with E-state index in [0.717, 1.165) is 19.3 Å². The number of amides is 1. The van der Waals surface area contributed by atoms with Crippen molar-refractivity contribution in [2.24, 2.45) is 0 Å². The Bertz CT molecular complexity index is 679. The normalized spacial score (nSPS) is 15.9. The number of nitrogens with zero attached hydrogens (tertiary/aromatic N) is 1. The monoisotopic (exact) mass is 338 g/mol. The molecule has 0 bridgehead atoms. The van der Waals surface area contributed by atoms with Gasteiger partial charge in [0, 0.05) is 19.6 Å². The third-order valence-corrected chi connectivity index (χ3v) is 5.67. The average Bonchev–Trinajstić information content (AvgIpc) is 2.59. The summed E-state index contributed by atoms with van der Waals surface area (Å²) in [5.41, 5.74) is 0.201. The SMILES string of the molecule is C=CCNC(=O)c1cc(S(=O)(=O)N2CCCCC2)ccc1OC. The average molecular weight is 338 g/mol. The molecule has 126 valence electrons. The van der Waals surface area contributed by atoms with Crippen LogP contribution in [-0.2, 0) is 10.0 Å². The highest BCUT2D eigenvalue weighted by Gasteiger charge is 2.27. The van der Waals surface area contributed by atoms with Crippen LogP contribution in [0.4, 0.5) is 0 Å². The molecule has 1 heterocycles. The summed E-state index contributed by atoms with van der Waals surface area (Å²) in [4.78, 5) is 12.3. The smallest absolute Gasteiger partial charge is 0.255 e. The highest BCUT2D eigenvalue weighted by atomic mass is 32.2. The van der Waals surface area contributed by atoms with Crippen molar-refractivity contribution in [2.75, 3.05) is 26.7 Å². The number of carbonyl (C=O) groups excluding carboxylic acids is 1. The minimum Gasteiger partial charge on any atom is -0.496 e. The van der Waals surface area contributed by atoms with Crippen LogP contribution < -0.4 is 10.1 Å². The first-order valence-electron chi connectivity index (χ1n) is 7.58. The molecule has 1 aliphatic rings. The van der Waals surface area contributed by atoms with Crippen LogP contribution >= 0.6 is 0 Å². The van der Waals surface area contributed by atoms with E-state index in [1.807, 2.05) is 0 Å². The molecule has 1 amide bonds. The van der Waals surface area contributed by atoms with Gasteiger partial charge in [-0.15, -0.1) is 6.58 Å². The lowest BCUT2D eigenvalue weighted by Gasteiger charge is -2.26. The first kappa shape index (κ1) is 17.5. The van der Waals surface area contributed by atoms with Crippen LogP contribution in [0.25, 0.3) is 0 Å². The Kier molecular flexibility index (Phi) is 5.79. The zero-order valence-corrected chi connectivity index (χ0v) is 14.1. The van der Waals surface area contributed by atoms with Crippen LogP contribution in [0.1, 0.15) is 29.6 Å². The number of carbonyl (C=O) groups is 1. The third kappa shape index (κ3) is 3.92. The number of nitrogens with one attached hydrogen (secondary N) is 1. The van der Waals surface area contributed by atoms with Crippen LogP contribution in [0.3, 0.4) is 0 Å². The van der Waals surface area contributed by atoms with Gasteiger partial charge in [-0.2, -0.15) is 4.31 Å². The van der Waals surface area contributed by atoms with Gasteiger partial charge in [-0.05, 0) is 31.0 Å². The Morgan fingerprint density at radius 3 is 2.65 bits per heavy atom. The van der Waals surface area contributed by atoms with E-state index in [9.17, 15) is 13.2 Å². The molecule has 6 nitrogen and oxygen atoms in total. The summed E-state index contributed by atoms with van der Waals surface area (Å²) >= 11 is 0. The van der Waals surface area contributed by atoms with E-state index in [2.05, 4.69) is 11.9 Å². The molecule has 7 heteroatoms. The summed E-state index contributed by atoms with van der Waals surface area (Å²) in [6.45, 7) is 4.88. The minimum absolute atomic E-state index is 0.115. The van der Waals surface area contributed by atoms with Gasteiger partial charge in [0.05, 0.1) is 17.6 Å². The van der Waals surface area contributed by atoms with Crippen LogP contribution in [0.15, 0.2) is 35.7 Å². The maximum absolute atomic E-state index is 12.7. The Hall–Kier alpha value is -1.86. The summed E-state index contributed by atoms with van der Waals surface area (Å²) in [5.74, 6) is -0.0541. The zero-order valence-electron chi connectivity index (χ0n) is 13.2. The molecule has 0 radical (unpaired) electrons. The Morgan fingerprint density at radius 1 is 1.35 bits per heavy atom. The van der Waals surface area contributed by atoms with E-state index in [1.54, 1.807) is 6.08 Å². The molecule has 1 saturated heterocycles. The number of rotatable bonds is 6. The lowest BCUT2D eigenvalue weighted by Crippen LogP contribution is -2.35. The number of methoxy groups -OCH3 is 1. The number of ether oxygens (including phenoxy) is 1. The Balaban J connectivity index is 2.36. The molecule has 0 saturated carbocycles. The van der Waals surface area contributed by atoms with E-state index in [0.29, 0.717) is 25.4 Å². The van der Waals surface area contributed by atoms with Crippen molar-refractivity contribution in [1.29, 1.82) is 0 Å². The summed E-state index contributed by atoms with van der Waals surface area (Å²) in [7, 11) is -2.14. The van der Waals surface area contributed by atoms with E-state index >= 15 is 0 Å². The second-order valence-corrected chi connectivity index (χ2v) is 7.26. The summed E-state index contributed by atoms with van der Waals surface area (Å²) in [6, 6.07) is 4.37. The minimum atomic E-state index is -3.59. The number of sulfonamides is 1. The van der Waals surface area contributed by atoms with Crippen LogP contribution in [0.5, 0.6) is 5.75 Å². The lowest BCUT2D eigenvalue weighted by molar-refractivity contribution is 0.0954. The van der Waals surface area contributed by atoms with Crippen molar-refractivity contribution < 1.29 is 17.9 Å². The summed E-state index contributed by atoms with van der Waals surface area (Å²) in [6.07, 6.45) is 4.33. The standard InChI is InChI=1S/C16H22N2O4S/c1-3-9-17-16(19)14-12-13(7-8-15(14)22-2)23(20,21)18-10-5-4-6-11-18/h3,7-8,12H,1,4-6,9-11H2,2H3,(H,17,19). The largest absolute Gasteiger partial charge is 0.496 e. The molecule has 0 unspecified atom stereocenters. The second kappa shape index (κ2) is 7.61. The van der Waals surface area contributed by atoms with Crippen molar-refractivity contribution in [3.05, 3.63) is 36.4 Å². The van der Waals surface area contributed by atoms with Gasteiger partial charge < -0.3 is 10.1 Å². The van der Waals surface area contributed by atoms with Gasteiger partial charge in [0.2, 0.25) is 10.0 Å². The van der Waals surface area contributed by atoms with Crippen LogP contribution in [-0.4, -0.2) is 45.4 Å². The first-order valence-corrected chi connectivity index (χ1v) is 9.02. The third-order valence-electron chi connectivity index (χ3n) is 3.78. The van der Waals surface area contributed by atoms with E-state index in [1.165, 1.54) is 29.6 Å². The highest BCUT2D eigenvalue weighted by Crippen LogP contribution is 2.26. The molecule has 1 aliphatic heterocycles. The number of benzene rings is 1. The molecule has 0 atom stereocenters. The maximum Gasteiger partial charge on any atom is 0.255 e. The predicted molar refractivity (Wildman–Crippen MR) is 88.1 cm³/mol. The molecule has 23 heavy (non-hydrogen) atoms. The highest BCUT2D eigenvalue weighted by molar-refractivity contribution is 7.89. The summed E-state index contributed by atoms with van der Waals surface area (Å²) < 4.78 is 32.1. The van der Waals surface area contributed by atoms with E-state index in [-0.39, 0.29) is 10.5 Å². The quantitative estimate of drug-likeness (QED) is 0.802. The maximum atomic E-state index is 12.7. The molecular formula is C16H22N2O4S. The van der Waals surface area contributed by atoms with Gasteiger partial charge in [0.1, 0.15) is 5.75 Å². The number of piperidine rings is 1. The van der Waals surface area contributed by atoms with Gasteiger partial charge >= 0.3 is 0 Å². The van der Waals surface area contributed by atoms with Crippen molar-refractivity contribution >= 4 is 15.9 Å². The van der Waals surface area contributed by atoms with Gasteiger partial charge in [-0.1, -0.05) is 12.5 Å². The molecule has 0 aromatic heterocycles. The predicted octanol–water partition coefficient (Wildman–Crippen LogP) is 1.79. The molecule has 0 aliphatic carbocycles. The number of hydrogen-bond acceptors (Lipinski definition) is 4. The van der Waals surface area contributed by atoms with E-state index in [4.69, 9.17) is 4.74 Å². The fourth-order valence-electron chi connectivity index (χ4n) is 2.54. The van der Waals surface area contributed by atoms with Crippen molar-refractivity contribution in [1.82, 2.24) is 9.62 Å². The van der Waals surface area contributed by atoms with Crippen molar-refractivity contribution in [2.45, 2.75) is 24.2 Å². The van der Waals surface area contributed by atoms with Crippen LogP contribution in [0.2, 0.25) is 0 Å². The Labute approximate surface area is 137 Å². The van der Waals surface area contributed by atoms with Crippen molar-refractivity contribution in [3.8, 4) is 5.75 Å². The molecule has 1 aromatic carbocycles. The first-order chi connectivity index (χ1) is 11.0. The number of hydrogen-bond donors (Lipinski definition) is 1. The fourth-order valence-corrected chi connectivity index (χ4v) is 4.08. The van der Waals surface area contributed by atoms with Gasteiger partial charge in [-0.25, -0.2) is 8.42 Å². The van der Waals surface area contributed by atoms with Crippen molar-refractivity contribution in [3.63, 3.8) is 0 Å². The summed E-state index contributed by atoms with van der Waals surface area (Å²) in [5, 5.41) is 2.64. The van der Waals surface area contributed by atoms with Gasteiger partial charge in [0.25, 0.3) is 5.91 Å². The molecule has 0 spiro atoms. The lowest BCUT2D eigenvalue weighted by atomic mass is 10.2. The van der Waals surface area contributed by atoms with Gasteiger partial charge in [0.15, 0.2) is 0 Å². The molecule has 2 rings (SSSR count). The van der Waals surface area contributed by atoms with Gasteiger partial charge in [-0.3, -0.25) is 4.79 Å². The Morgan fingerprint density at radius 2 is 2.04 bits per heavy atom. The van der Waals surface area contributed by atoms with Crippen LogP contribution in [0, 0.1) is 0 Å².